The van der Waals surface area contributed by atoms with Gasteiger partial charge in [0.25, 0.3) is 5.91 Å². The highest BCUT2D eigenvalue weighted by molar-refractivity contribution is 5.96. The van der Waals surface area contributed by atoms with Crippen LogP contribution in [0, 0.1) is 5.92 Å². The molecule has 3 nitrogen and oxygen atoms in total. The summed E-state index contributed by atoms with van der Waals surface area (Å²) in [4.78, 5) is 11.8. The number of hydrogen-bond acceptors (Lipinski definition) is 2. The molecule has 1 aromatic carbocycles. The van der Waals surface area contributed by atoms with Gasteiger partial charge in [-0.25, -0.2) is 0 Å². The minimum atomic E-state index is 0.0822. The van der Waals surface area contributed by atoms with Crippen molar-refractivity contribution in [2.24, 2.45) is 5.92 Å². The van der Waals surface area contributed by atoms with E-state index in [1.54, 1.807) is 0 Å². The molecule has 0 bridgehead atoms. The average molecular weight is 230 g/mol. The first kappa shape index (κ1) is 10.8. The highest BCUT2D eigenvalue weighted by atomic mass is 16.1. The highest BCUT2D eigenvalue weighted by Crippen LogP contribution is 2.41. The van der Waals surface area contributed by atoms with E-state index in [9.17, 15) is 4.79 Å². The summed E-state index contributed by atoms with van der Waals surface area (Å²) in [5.41, 5.74) is 3.31. The zero-order valence-electron chi connectivity index (χ0n) is 10.1. The van der Waals surface area contributed by atoms with Gasteiger partial charge in [0.05, 0.1) is 0 Å². The molecule has 17 heavy (non-hydrogen) atoms. The lowest BCUT2D eigenvalue weighted by Crippen LogP contribution is -2.32. The fraction of sp³-hybridized carbons (Fsp3) is 0.500. The average Bonchev–Trinajstić information content (AvgIpc) is 3.16. The molecule has 0 radical (unpaired) electrons. The van der Waals surface area contributed by atoms with Gasteiger partial charge in [0.1, 0.15) is 0 Å². The van der Waals surface area contributed by atoms with Gasteiger partial charge < -0.3 is 10.6 Å². The monoisotopic (exact) mass is 230 g/mol. The lowest BCUT2D eigenvalue weighted by Gasteiger charge is -2.21. The molecule has 1 heterocycles. The molecule has 1 aromatic rings. The number of amides is 1. The number of rotatable bonds is 3. The molecule has 2 aliphatic rings. The minimum absolute atomic E-state index is 0.0822. The Labute approximate surface area is 102 Å². The second kappa shape index (κ2) is 4.15. The van der Waals surface area contributed by atoms with Gasteiger partial charge in [-0.3, -0.25) is 4.79 Å². The van der Waals surface area contributed by atoms with Crippen LogP contribution in [-0.2, 0) is 6.42 Å². The number of nitrogens with one attached hydrogen (secondary N) is 2. The Morgan fingerprint density at radius 1 is 1.41 bits per heavy atom. The Bertz CT molecular complexity index is 452. The van der Waals surface area contributed by atoms with Gasteiger partial charge >= 0.3 is 0 Å². The van der Waals surface area contributed by atoms with Crippen molar-refractivity contribution in [3.63, 3.8) is 0 Å². The van der Waals surface area contributed by atoms with Crippen LogP contribution in [0.3, 0.4) is 0 Å². The summed E-state index contributed by atoms with van der Waals surface area (Å²) >= 11 is 0. The normalized spacial score (nSPS) is 20.6. The predicted molar refractivity (Wildman–Crippen MR) is 67.0 cm³/mol. The molecular weight excluding hydrogens is 212 g/mol. The minimum Gasteiger partial charge on any atom is -0.352 e. The van der Waals surface area contributed by atoms with E-state index in [2.05, 4.69) is 28.8 Å². The third kappa shape index (κ3) is 1.95. The Kier molecular flexibility index (Phi) is 2.63. The summed E-state index contributed by atoms with van der Waals surface area (Å²) in [6, 6.07) is 6.78. The van der Waals surface area contributed by atoms with Crippen molar-refractivity contribution >= 4 is 5.91 Å². The number of benzene rings is 1. The number of hydrogen-bond donors (Lipinski definition) is 2. The third-order valence-corrected chi connectivity index (χ3v) is 3.82. The van der Waals surface area contributed by atoms with Gasteiger partial charge in [0.15, 0.2) is 0 Å². The first-order valence-corrected chi connectivity index (χ1v) is 6.38. The quantitative estimate of drug-likeness (QED) is 0.829. The molecule has 1 amide bonds. The van der Waals surface area contributed by atoms with Crippen LogP contribution in [0.25, 0.3) is 0 Å². The highest BCUT2D eigenvalue weighted by Gasteiger charge is 2.31. The van der Waals surface area contributed by atoms with Crippen LogP contribution < -0.4 is 10.6 Å². The van der Waals surface area contributed by atoms with Crippen LogP contribution >= 0.6 is 0 Å². The van der Waals surface area contributed by atoms with Crippen LogP contribution in [0.5, 0.6) is 0 Å². The van der Waals surface area contributed by atoms with Crippen molar-refractivity contribution in [3.05, 3.63) is 34.9 Å². The van der Waals surface area contributed by atoms with Gasteiger partial charge in [0.2, 0.25) is 0 Å². The topological polar surface area (TPSA) is 41.1 Å². The van der Waals surface area contributed by atoms with Gasteiger partial charge in [-0.15, -0.1) is 0 Å². The van der Waals surface area contributed by atoms with Gasteiger partial charge in [-0.1, -0.05) is 12.1 Å². The Hall–Kier alpha value is -1.35. The van der Waals surface area contributed by atoms with Crippen molar-refractivity contribution in [1.29, 1.82) is 0 Å². The summed E-state index contributed by atoms with van der Waals surface area (Å²) in [5, 5.41) is 6.28. The summed E-state index contributed by atoms with van der Waals surface area (Å²) in [6.07, 6.45) is 3.55. The first-order chi connectivity index (χ1) is 8.29. The molecule has 1 aliphatic heterocycles. The molecule has 1 aliphatic carbocycles. The summed E-state index contributed by atoms with van der Waals surface area (Å²) < 4.78 is 0. The van der Waals surface area contributed by atoms with Crippen molar-refractivity contribution < 1.29 is 4.79 Å². The fourth-order valence-electron chi connectivity index (χ4n) is 2.73. The van der Waals surface area contributed by atoms with Crippen LogP contribution in [0.2, 0.25) is 0 Å². The first-order valence-electron chi connectivity index (χ1n) is 6.38. The van der Waals surface area contributed by atoms with E-state index in [0.717, 1.165) is 24.4 Å². The van der Waals surface area contributed by atoms with E-state index in [1.807, 2.05) is 7.05 Å². The van der Waals surface area contributed by atoms with Gasteiger partial charge in [-0.05, 0) is 49.4 Å². The largest absolute Gasteiger partial charge is 0.352 e. The Morgan fingerprint density at radius 2 is 2.24 bits per heavy atom. The number of fused-ring (bicyclic) bond motifs is 1. The van der Waals surface area contributed by atoms with Crippen molar-refractivity contribution in [2.75, 3.05) is 13.6 Å². The lowest BCUT2D eigenvalue weighted by atomic mass is 9.94. The molecule has 0 saturated heterocycles. The lowest BCUT2D eigenvalue weighted by molar-refractivity contribution is 0.0946. The van der Waals surface area contributed by atoms with Crippen LogP contribution in [-0.4, -0.2) is 19.5 Å². The van der Waals surface area contributed by atoms with E-state index in [1.165, 1.54) is 24.0 Å². The molecular formula is C14H18N2O. The van der Waals surface area contributed by atoms with Crippen LogP contribution in [0.15, 0.2) is 18.2 Å². The van der Waals surface area contributed by atoms with Crippen LogP contribution in [0.1, 0.15) is 40.4 Å². The van der Waals surface area contributed by atoms with Crippen LogP contribution in [0.4, 0.5) is 0 Å². The zero-order chi connectivity index (χ0) is 11.8. The van der Waals surface area contributed by atoms with Gasteiger partial charge in [-0.2, -0.15) is 0 Å². The standard InChI is InChI=1S/C14H18N2O/c1-15-13(10-3-4-10)11-5-2-9-6-7-16-14(17)12(9)8-11/h2,5,8,10,13,15H,3-4,6-7H2,1H3,(H,16,17). The zero-order valence-corrected chi connectivity index (χ0v) is 10.1. The maximum atomic E-state index is 11.8. The molecule has 1 saturated carbocycles. The van der Waals surface area contributed by atoms with Crippen molar-refractivity contribution in [3.8, 4) is 0 Å². The molecule has 1 atom stereocenters. The van der Waals surface area contributed by atoms with E-state index < -0.39 is 0 Å². The molecule has 1 unspecified atom stereocenters. The molecule has 0 spiro atoms. The second-order valence-electron chi connectivity index (χ2n) is 5.03. The smallest absolute Gasteiger partial charge is 0.251 e. The maximum absolute atomic E-state index is 11.8. The molecule has 1 fully saturated rings. The molecule has 0 aromatic heterocycles. The van der Waals surface area contributed by atoms with E-state index in [-0.39, 0.29) is 5.91 Å². The number of carbonyl (C=O) groups excluding carboxylic acids is 1. The molecule has 3 rings (SSSR count). The predicted octanol–water partition coefficient (Wildman–Crippen LogP) is 1.64. The number of carbonyl (C=O) groups is 1. The molecule has 2 N–H and O–H groups in total. The Balaban J connectivity index is 1.95. The maximum Gasteiger partial charge on any atom is 0.251 e. The SMILES string of the molecule is CNC(c1ccc2c(c1)C(=O)NCC2)C1CC1. The molecule has 3 heteroatoms. The van der Waals surface area contributed by atoms with Crippen molar-refractivity contribution in [1.82, 2.24) is 10.6 Å². The van der Waals surface area contributed by atoms with Crippen molar-refractivity contribution in [2.45, 2.75) is 25.3 Å². The second-order valence-corrected chi connectivity index (χ2v) is 5.03. The van der Waals surface area contributed by atoms with Gasteiger partial charge in [0, 0.05) is 18.2 Å². The summed E-state index contributed by atoms with van der Waals surface area (Å²) in [5.74, 6) is 0.837. The molecule has 90 valence electrons. The fourth-order valence-corrected chi connectivity index (χ4v) is 2.73. The summed E-state index contributed by atoms with van der Waals surface area (Å²) in [6.45, 7) is 0.767. The summed E-state index contributed by atoms with van der Waals surface area (Å²) in [7, 11) is 2.00. The Morgan fingerprint density at radius 3 is 2.94 bits per heavy atom. The van der Waals surface area contributed by atoms with E-state index in [0.29, 0.717) is 6.04 Å². The van der Waals surface area contributed by atoms with E-state index in [4.69, 9.17) is 0 Å². The third-order valence-electron chi connectivity index (χ3n) is 3.82. The van der Waals surface area contributed by atoms with E-state index >= 15 is 0 Å².